The van der Waals surface area contributed by atoms with Gasteiger partial charge >= 0.3 is 0 Å². The van der Waals surface area contributed by atoms with Crippen LogP contribution in [0, 0.1) is 0 Å². The molecule has 0 spiro atoms. The van der Waals surface area contributed by atoms with Crippen molar-refractivity contribution in [2.75, 3.05) is 20.0 Å². The van der Waals surface area contributed by atoms with Gasteiger partial charge < -0.3 is 9.47 Å². The average molecular weight is 535 g/mol. The van der Waals surface area contributed by atoms with Gasteiger partial charge in [0, 0.05) is 10.4 Å². The third-order valence-corrected chi connectivity index (χ3v) is 8.26. The van der Waals surface area contributed by atoms with Crippen LogP contribution in [0.2, 0.25) is 0 Å². The summed E-state index contributed by atoms with van der Waals surface area (Å²) in [5.74, 6) is 0.828. The topological polar surface area (TPSA) is 94.8 Å². The van der Waals surface area contributed by atoms with Gasteiger partial charge in [0.15, 0.2) is 16.7 Å². The highest BCUT2D eigenvalue weighted by atomic mass is 32.2. The Kier molecular flexibility index (Phi) is 7.57. The number of hydrazone groups is 1. The molecule has 0 atom stereocenters. The number of methoxy groups -OCH3 is 2. The molecule has 1 N–H and O–H groups in total. The molecule has 2 heterocycles. The van der Waals surface area contributed by atoms with Gasteiger partial charge in [0.1, 0.15) is 4.83 Å². The zero-order valence-corrected chi connectivity index (χ0v) is 22.2. The second kappa shape index (κ2) is 11.2. The lowest BCUT2D eigenvalue weighted by Gasteiger charge is -2.13. The lowest BCUT2D eigenvalue weighted by molar-refractivity contribution is -0.118. The van der Waals surface area contributed by atoms with Crippen molar-refractivity contribution in [2.24, 2.45) is 5.10 Å². The zero-order chi connectivity index (χ0) is 25.8. The largest absolute Gasteiger partial charge is 0.493 e. The Morgan fingerprint density at radius 2 is 1.95 bits per heavy atom. The van der Waals surface area contributed by atoms with Gasteiger partial charge in [-0.25, -0.2) is 10.4 Å². The third kappa shape index (κ3) is 5.12. The molecule has 0 saturated heterocycles. The highest BCUT2D eigenvalue weighted by Crippen LogP contribution is 2.35. The molecule has 2 aromatic carbocycles. The molecule has 0 fully saturated rings. The highest BCUT2D eigenvalue weighted by Gasteiger charge is 2.23. The Morgan fingerprint density at radius 1 is 1.14 bits per heavy atom. The van der Waals surface area contributed by atoms with Crippen LogP contribution in [0.1, 0.15) is 28.8 Å². The molecule has 5 rings (SSSR count). The number of carbonyl (C=O) groups excluding carboxylic acids is 1. The number of nitrogens with one attached hydrogen (secondary N) is 1. The van der Waals surface area contributed by atoms with Crippen LogP contribution in [0.25, 0.3) is 15.9 Å². The first-order valence-corrected chi connectivity index (χ1v) is 13.7. The molecule has 1 aliphatic rings. The molecule has 0 unspecified atom stereocenters. The summed E-state index contributed by atoms with van der Waals surface area (Å²) in [4.78, 5) is 33.2. The number of amides is 1. The molecule has 1 amide bonds. The van der Waals surface area contributed by atoms with Crippen molar-refractivity contribution in [1.29, 1.82) is 0 Å². The van der Waals surface area contributed by atoms with Crippen molar-refractivity contribution in [3.8, 4) is 17.2 Å². The molecule has 10 heteroatoms. The van der Waals surface area contributed by atoms with Crippen LogP contribution >= 0.6 is 23.1 Å². The normalized spacial score (nSPS) is 13.0. The molecule has 1 aliphatic carbocycles. The van der Waals surface area contributed by atoms with Crippen LogP contribution in [0.3, 0.4) is 0 Å². The zero-order valence-electron chi connectivity index (χ0n) is 20.5. The predicted octanol–water partition coefficient (Wildman–Crippen LogP) is 4.59. The molecule has 2 aromatic heterocycles. The summed E-state index contributed by atoms with van der Waals surface area (Å²) >= 11 is 2.81. The molecule has 37 heavy (non-hydrogen) atoms. The SMILES string of the molecule is COc1cccc(/C=N/NC(=O)CSc2nc3sc4c(c3c(=O)n2-c2ccccc2)CCCC4)c1OC. The van der Waals surface area contributed by atoms with Gasteiger partial charge in [-0.05, 0) is 55.5 Å². The number of benzene rings is 2. The first-order chi connectivity index (χ1) is 18.1. The highest BCUT2D eigenvalue weighted by molar-refractivity contribution is 7.99. The van der Waals surface area contributed by atoms with Crippen LogP contribution in [0.5, 0.6) is 11.5 Å². The Morgan fingerprint density at radius 3 is 2.73 bits per heavy atom. The van der Waals surface area contributed by atoms with E-state index in [1.54, 1.807) is 36.2 Å². The van der Waals surface area contributed by atoms with Crippen molar-refractivity contribution in [3.05, 3.63) is 74.9 Å². The van der Waals surface area contributed by atoms with E-state index in [0.717, 1.165) is 41.8 Å². The van der Waals surface area contributed by atoms with Gasteiger partial charge in [-0.2, -0.15) is 5.10 Å². The van der Waals surface area contributed by atoms with Crippen molar-refractivity contribution in [1.82, 2.24) is 15.0 Å². The van der Waals surface area contributed by atoms with Gasteiger partial charge in [0.25, 0.3) is 11.5 Å². The molecule has 0 bridgehead atoms. The number of thioether (sulfide) groups is 1. The Bertz CT molecular complexity index is 1530. The van der Waals surface area contributed by atoms with Gasteiger partial charge in [-0.15, -0.1) is 11.3 Å². The minimum Gasteiger partial charge on any atom is -0.493 e. The van der Waals surface area contributed by atoms with E-state index in [0.29, 0.717) is 27.6 Å². The average Bonchev–Trinajstić information content (AvgIpc) is 3.31. The van der Waals surface area contributed by atoms with E-state index < -0.39 is 0 Å². The van der Waals surface area contributed by atoms with Crippen LogP contribution in [-0.2, 0) is 17.6 Å². The molecule has 0 aliphatic heterocycles. The van der Waals surface area contributed by atoms with Gasteiger partial charge in [0.05, 0.1) is 37.3 Å². The minimum absolute atomic E-state index is 0.0441. The van der Waals surface area contributed by atoms with E-state index in [-0.39, 0.29) is 17.2 Å². The number of fused-ring (bicyclic) bond motifs is 3. The number of para-hydroxylation sites is 2. The Balaban J connectivity index is 1.39. The lowest BCUT2D eigenvalue weighted by Crippen LogP contribution is -2.24. The number of thiophene rings is 1. The molecular formula is C27H26N4O4S2. The fourth-order valence-electron chi connectivity index (χ4n) is 4.44. The maximum Gasteiger partial charge on any atom is 0.267 e. The van der Waals surface area contributed by atoms with Crippen LogP contribution in [-0.4, -0.2) is 41.6 Å². The number of hydrogen-bond acceptors (Lipinski definition) is 8. The summed E-state index contributed by atoms with van der Waals surface area (Å²) < 4.78 is 12.3. The van der Waals surface area contributed by atoms with Crippen molar-refractivity contribution in [3.63, 3.8) is 0 Å². The summed E-state index contributed by atoms with van der Waals surface area (Å²) in [5, 5.41) is 5.27. The van der Waals surface area contributed by atoms with E-state index in [2.05, 4.69) is 10.5 Å². The second-order valence-electron chi connectivity index (χ2n) is 8.43. The molecular weight excluding hydrogens is 508 g/mol. The lowest BCUT2D eigenvalue weighted by atomic mass is 9.97. The number of aromatic nitrogens is 2. The fraction of sp³-hybridized carbons (Fsp3) is 0.259. The number of carbonyl (C=O) groups is 1. The van der Waals surface area contributed by atoms with Gasteiger partial charge in [-0.1, -0.05) is 36.0 Å². The fourth-order valence-corrected chi connectivity index (χ4v) is 6.55. The van der Waals surface area contributed by atoms with E-state index in [4.69, 9.17) is 14.5 Å². The molecule has 4 aromatic rings. The van der Waals surface area contributed by atoms with E-state index in [1.165, 1.54) is 22.9 Å². The smallest absolute Gasteiger partial charge is 0.267 e. The molecule has 8 nitrogen and oxygen atoms in total. The first kappa shape index (κ1) is 25.0. The summed E-state index contributed by atoms with van der Waals surface area (Å²) in [5.41, 5.74) is 5.00. The Hall–Kier alpha value is -3.63. The quantitative estimate of drug-likeness (QED) is 0.154. The number of rotatable bonds is 8. The molecule has 190 valence electrons. The third-order valence-electron chi connectivity index (χ3n) is 6.13. The maximum absolute atomic E-state index is 13.7. The summed E-state index contributed by atoms with van der Waals surface area (Å²) in [7, 11) is 3.11. The minimum atomic E-state index is -0.317. The maximum atomic E-state index is 13.7. The van der Waals surface area contributed by atoms with E-state index >= 15 is 0 Å². The van der Waals surface area contributed by atoms with Crippen LogP contribution in [0.4, 0.5) is 0 Å². The predicted molar refractivity (Wildman–Crippen MR) is 148 cm³/mol. The van der Waals surface area contributed by atoms with Crippen molar-refractivity contribution < 1.29 is 14.3 Å². The standard InChI is InChI=1S/C27H26N4O4S2/c1-34-20-13-8-9-17(24(20)35-2)15-28-30-22(32)16-36-27-29-25-23(19-12-6-7-14-21(19)37-25)26(33)31(27)18-10-4-3-5-11-18/h3-5,8-11,13,15H,6-7,12,14,16H2,1-2H3,(H,30,32)/b28-15+. The van der Waals surface area contributed by atoms with E-state index in [9.17, 15) is 9.59 Å². The van der Waals surface area contributed by atoms with Crippen LogP contribution < -0.4 is 20.5 Å². The molecule has 0 radical (unpaired) electrons. The van der Waals surface area contributed by atoms with Gasteiger partial charge in [0.2, 0.25) is 0 Å². The monoisotopic (exact) mass is 534 g/mol. The van der Waals surface area contributed by atoms with Gasteiger partial charge in [-0.3, -0.25) is 14.2 Å². The second-order valence-corrected chi connectivity index (χ2v) is 10.5. The van der Waals surface area contributed by atoms with Crippen molar-refractivity contribution in [2.45, 2.75) is 30.8 Å². The number of nitrogens with zero attached hydrogens (tertiary/aromatic N) is 3. The van der Waals surface area contributed by atoms with Crippen LogP contribution in [0.15, 0.2) is 63.6 Å². The summed E-state index contributed by atoms with van der Waals surface area (Å²) in [6.45, 7) is 0. The van der Waals surface area contributed by atoms with Crippen molar-refractivity contribution >= 4 is 45.4 Å². The van der Waals surface area contributed by atoms with E-state index in [1.807, 2.05) is 42.5 Å². The number of aryl methyl sites for hydroxylation is 2. The summed E-state index contributed by atoms with van der Waals surface area (Å²) in [6, 6.07) is 14.8. The molecule has 0 saturated carbocycles. The summed E-state index contributed by atoms with van der Waals surface area (Å²) in [6.07, 6.45) is 5.62. The first-order valence-electron chi connectivity index (χ1n) is 11.9. The number of hydrogen-bond donors (Lipinski definition) is 1. The Labute approximate surface area is 222 Å². The number of ether oxygens (including phenoxy) is 2.